The SMILES string of the molecule is Cc1cnc(Nc2ccnn2C)nc1NCCCN1CCCC1=O. The van der Waals surface area contributed by atoms with Crippen molar-refractivity contribution in [1.82, 2.24) is 24.6 Å². The number of carbonyl (C=O) groups excluding carboxylic acids is 1. The lowest BCUT2D eigenvalue weighted by atomic mass is 10.3. The van der Waals surface area contributed by atoms with Crippen LogP contribution in [-0.2, 0) is 11.8 Å². The summed E-state index contributed by atoms with van der Waals surface area (Å²) in [6.07, 6.45) is 6.09. The van der Waals surface area contributed by atoms with Crippen molar-refractivity contribution in [3.05, 3.63) is 24.0 Å². The van der Waals surface area contributed by atoms with Gasteiger partial charge in [-0.15, -0.1) is 0 Å². The minimum absolute atomic E-state index is 0.274. The summed E-state index contributed by atoms with van der Waals surface area (Å²) in [6, 6.07) is 1.86. The number of amides is 1. The Morgan fingerprint density at radius 3 is 2.96 bits per heavy atom. The van der Waals surface area contributed by atoms with Gasteiger partial charge in [0.2, 0.25) is 11.9 Å². The lowest BCUT2D eigenvalue weighted by Gasteiger charge is -2.16. The number of hydrogen-bond donors (Lipinski definition) is 2. The number of likely N-dealkylation sites (tertiary alicyclic amines) is 1. The second-order valence-corrected chi connectivity index (χ2v) is 5.95. The van der Waals surface area contributed by atoms with Gasteiger partial charge in [-0.25, -0.2) is 4.98 Å². The van der Waals surface area contributed by atoms with Crippen LogP contribution in [0, 0.1) is 6.92 Å². The zero-order chi connectivity index (χ0) is 16.9. The average molecular weight is 329 g/mol. The van der Waals surface area contributed by atoms with E-state index in [4.69, 9.17) is 0 Å². The van der Waals surface area contributed by atoms with Crippen molar-refractivity contribution in [3.8, 4) is 0 Å². The van der Waals surface area contributed by atoms with Crippen LogP contribution in [0.2, 0.25) is 0 Å². The molecule has 0 spiro atoms. The number of nitrogens with zero attached hydrogens (tertiary/aromatic N) is 5. The largest absolute Gasteiger partial charge is 0.370 e. The van der Waals surface area contributed by atoms with Gasteiger partial charge in [-0.05, 0) is 19.8 Å². The molecule has 128 valence electrons. The summed E-state index contributed by atoms with van der Waals surface area (Å²) in [6.45, 7) is 4.44. The van der Waals surface area contributed by atoms with Gasteiger partial charge >= 0.3 is 0 Å². The Morgan fingerprint density at radius 1 is 1.38 bits per heavy atom. The summed E-state index contributed by atoms with van der Waals surface area (Å²) < 4.78 is 1.73. The van der Waals surface area contributed by atoms with E-state index in [0.29, 0.717) is 12.4 Å². The molecule has 0 aliphatic carbocycles. The molecule has 0 saturated carbocycles. The van der Waals surface area contributed by atoms with Crippen molar-refractivity contribution in [1.29, 1.82) is 0 Å². The minimum Gasteiger partial charge on any atom is -0.370 e. The summed E-state index contributed by atoms with van der Waals surface area (Å²) in [4.78, 5) is 22.3. The molecule has 2 aromatic rings. The molecular formula is C16H23N7O. The Kier molecular flexibility index (Phi) is 4.93. The Balaban J connectivity index is 1.54. The van der Waals surface area contributed by atoms with Crippen LogP contribution in [0.4, 0.5) is 17.6 Å². The fourth-order valence-corrected chi connectivity index (χ4v) is 2.71. The molecule has 2 N–H and O–H groups in total. The fraction of sp³-hybridized carbons (Fsp3) is 0.500. The number of nitrogens with one attached hydrogen (secondary N) is 2. The molecule has 1 fully saturated rings. The maximum Gasteiger partial charge on any atom is 0.230 e. The minimum atomic E-state index is 0.274. The first-order valence-corrected chi connectivity index (χ1v) is 8.24. The molecule has 0 atom stereocenters. The van der Waals surface area contributed by atoms with E-state index < -0.39 is 0 Å². The summed E-state index contributed by atoms with van der Waals surface area (Å²) in [7, 11) is 1.86. The highest BCUT2D eigenvalue weighted by Gasteiger charge is 2.18. The van der Waals surface area contributed by atoms with Crippen LogP contribution >= 0.6 is 0 Å². The molecule has 8 heteroatoms. The van der Waals surface area contributed by atoms with Crippen LogP contribution in [-0.4, -0.2) is 50.2 Å². The van der Waals surface area contributed by atoms with Gasteiger partial charge in [0.05, 0.1) is 6.20 Å². The summed E-state index contributed by atoms with van der Waals surface area (Å²) in [5.41, 5.74) is 0.989. The van der Waals surface area contributed by atoms with E-state index in [2.05, 4.69) is 25.7 Å². The van der Waals surface area contributed by atoms with Crippen LogP contribution in [0.5, 0.6) is 0 Å². The van der Waals surface area contributed by atoms with Crippen LogP contribution < -0.4 is 10.6 Å². The highest BCUT2D eigenvalue weighted by atomic mass is 16.2. The van der Waals surface area contributed by atoms with Gasteiger partial charge < -0.3 is 15.5 Å². The summed E-state index contributed by atoms with van der Waals surface area (Å²) in [5, 5.41) is 10.6. The first-order valence-electron chi connectivity index (χ1n) is 8.24. The second kappa shape index (κ2) is 7.29. The highest BCUT2D eigenvalue weighted by Crippen LogP contribution is 2.16. The van der Waals surface area contributed by atoms with Gasteiger partial charge in [-0.1, -0.05) is 0 Å². The number of hydrogen-bond acceptors (Lipinski definition) is 6. The molecular weight excluding hydrogens is 306 g/mol. The molecule has 3 heterocycles. The molecule has 1 saturated heterocycles. The third kappa shape index (κ3) is 3.81. The topological polar surface area (TPSA) is 88.0 Å². The number of aryl methyl sites for hydroxylation is 2. The predicted octanol–water partition coefficient (Wildman–Crippen LogP) is 1.69. The first kappa shape index (κ1) is 16.2. The standard InChI is InChI=1S/C16H23N7O/c1-12-11-18-16(20-13-6-8-19-22(13)2)21-15(12)17-7-4-10-23-9-3-5-14(23)24/h6,8,11H,3-5,7,9-10H2,1-2H3,(H2,17,18,20,21). The van der Waals surface area contributed by atoms with Crippen molar-refractivity contribution in [3.63, 3.8) is 0 Å². The number of carbonyl (C=O) groups is 1. The van der Waals surface area contributed by atoms with Crippen LogP contribution in [0.1, 0.15) is 24.8 Å². The Labute approximate surface area is 141 Å². The van der Waals surface area contributed by atoms with Gasteiger partial charge in [0.25, 0.3) is 0 Å². The van der Waals surface area contributed by atoms with Gasteiger partial charge in [0.15, 0.2) is 0 Å². The second-order valence-electron chi connectivity index (χ2n) is 5.95. The van der Waals surface area contributed by atoms with Gasteiger partial charge in [0.1, 0.15) is 11.6 Å². The Bertz CT molecular complexity index is 712. The molecule has 1 aliphatic rings. The highest BCUT2D eigenvalue weighted by molar-refractivity contribution is 5.78. The summed E-state index contributed by atoms with van der Waals surface area (Å²) in [5.74, 6) is 2.44. The van der Waals surface area contributed by atoms with Crippen molar-refractivity contribution in [2.75, 3.05) is 30.3 Å². The third-order valence-corrected chi connectivity index (χ3v) is 4.10. The van der Waals surface area contributed by atoms with Gasteiger partial charge in [0, 0.05) is 50.9 Å². The third-order valence-electron chi connectivity index (χ3n) is 4.10. The van der Waals surface area contributed by atoms with E-state index in [1.54, 1.807) is 17.1 Å². The normalized spacial score (nSPS) is 14.2. The van der Waals surface area contributed by atoms with Crippen LogP contribution in [0.15, 0.2) is 18.5 Å². The fourth-order valence-electron chi connectivity index (χ4n) is 2.71. The lowest BCUT2D eigenvalue weighted by Crippen LogP contribution is -2.27. The maximum absolute atomic E-state index is 11.6. The quantitative estimate of drug-likeness (QED) is 0.752. The van der Waals surface area contributed by atoms with E-state index in [1.807, 2.05) is 24.9 Å². The van der Waals surface area contributed by atoms with Crippen molar-refractivity contribution in [2.45, 2.75) is 26.2 Å². The zero-order valence-electron chi connectivity index (χ0n) is 14.1. The Hall–Kier alpha value is -2.64. The Morgan fingerprint density at radius 2 is 2.25 bits per heavy atom. The zero-order valence-corrected chi connectivity index (χ0v) is 14.1. The number of aromatic nitrogens is 4. The number of rotatable bonds is 7. The molecule has 0 radical (unpaired) electrons. The first-order chi connectivity index (χ1) is 11.6. The van der Waals surface area contributed by atoms with E-state index in [9.17, 15) is 4.79 Å². The molecule has 3 rings (SSSR count). The molecule has 24 heavy (non-hydrogen) atoms. The monoisotopic (exact) mass is 329 g/mol. The molecule has 1 amide bonds. The van der Waals surface area contributed by atoms with Crippen molar-refractivity contribution >= 4 is 23.5 Å². The molecule has 1 aliphatic heterocycles. The van der Waals surface area contributed by atoms with E-state index >= 15 is 0 Å². The molecule has 0 aromatic carbocycles. The smallest absolute Gasteiger partial charge is 0.230 e. The van der Waals surface area contributed by atoms with E-state index in [1.165, 1.54) is 0 Å². The predicted molar refractivity (Wildman–Crippen MR) is 92.2 cm³/mol. The van der Waals surface area contributed by atoms with Gasteiger partial charge in [-0.3, -0.25) is 9.48 Å². The van der Waals surface area contributed by atoms with E-state index in [0.717, 1.165) is 49.7 Å². The van der Waals surface area contributed by atoms with E-state index in [-0.39, 0.29) is 5.91 Å². The van der Waals surface area contributed by atoms with Crippen LogP contribution in [0.3, 0.4) is 0 Å². The average Bonchev–Trinajstić information content (AvgIpc) is 3.15. The molecule has 0 bridgehead atoms. The van der Waals surface area contributed by atoms with Crippen molar-refractivity contribution in [2.24, 2.45) is 7.05 Å². The molecule has 2 aromatic heterocycles. The summed E-state index contributed by atoms with van der Waals surface area (Å²) >= 11 is 0. The molecule has 0 unspecified atom stereocenters. The van der Waals surface area contributed by atoms with Crippen molar-refractivity contribution < 1.29 is 4.79 Å². The molecule has 8 nitrogen and oxygen atoms in total. The number of anilines is 3. The van der Waals surface area contributed by atoms with Gasteiger partial charge in [-0.2, -0.15) is 10.1 Å². The van der Waals surface area contributed by atoms with Crippen LogP contribution in [0.25, 0.3) is 0 Å². The lowest BCUT2D eigenvalue weighted by molar-refractivity contribution is -0.127. The maximum atomic E-state index is 11.6.